The maximum absolute atomic E-state index is 12.5. The second-order valence-electron chi connectivity index (χ2n) is 7.33. The van der Waals surface area contributed by atoms with Crippen molar-refractivity contribution in [2.24, 2.45) is 29.4 Å². The number of hydrogen-bond donors (Lipinski definition) is 2. The van der Waals surface area contributed by atoms with Crippen LogP contribution in [0.25, 0.3) is 0 Å². The Morgan fingerprint density at radius 2 is 1.76 bits per heavy atom. The van der Waals surface area contributed by atoms with Crippen LogP contribution in [0.1, 0.15) is 32.1 Å². The molecule has 4 unspecified atom stereocenters. The van der Waals surface area contributed by atoms with Crippen LogP contribution in [0.15, 0.2) is 0 Å². The standard InChI is InChI=1S/C15H25F2N3O3S.ClH/c16-15(17)24(22,23)20-5-3-9(4-6-20)8-19-14(21)12-10-1-2-11(7-10)13(12)18;/h9-13,15H,1-8,18H2,(H,19,21);1H. The number of nitrogens with two attached hydrogens (primary N) is 1. The van der Waals surface area contributed by atoms with Gasteiger partial charge >= 0.3 is 5.76 Å². The van der Waals surface area contributed by atoms with Crippen molar-refractivity contribution < 1.29 is 22.0 Å². The van der Waals surface area contributed by atoms with Crippen molar-refractivity contribution in [2.75, 3.05) is 19.6 Å². The summed E-state index contributed by atoms with van der Waals surface area (Å²) in [7, 11) is -4.48. The number of nitrogens with one attached hydrogen (secondary N) is 1. The number of fused-ring (bicyclic) bond motifs is 2. The van der Waals surface area contributed by atoms with Crippen molar-refractivity contribution in [1.82, 2.24) is 9.62 Å². The van der Waals surface area contributed by atoms with Gasteiger partial charge in [0.1, 0.15) is 0 Å². The average Bonchev–Trinajstić information content (AvgIpc) is 3.14. The molecule has 2 bridgehead atoms. The van der Waals surface area contributed by atoms with E-state index >= 15 is 0 Å². The fourth-order valence-electron chi connectivity index (χ4n) is 4.57. The molecule has 3 fully saturated rings. The summed E-state index contributed by atoms with van der Waals surface area (Å²) in [6, 6.07) is -0.0539. The molecule has 0 aromatic heterocycles. The lowest BCUT2D eigenvalue weighted by Gasteiger charge is -2.32. The van der Waals surface area contributed by atoms with Gasteiger partial charge in [0, 0.05) is 25.7 Å². The van der Waals surface area contributed by atoms with Gasteiger partial charge in [-0.1, -0.05) is 0 Å². The van der Waals surface area contributed by atoms with Crippen molar-refractivity contribution >= 4 is 28.3 Å². The Hall–Kier alpha value is -0.510. The van der Waals surface area contributed by atoms with Crippen LogP contribution >= 0.6 is 12.4 Å². The van der Waals surface area contributed by atoms with E-state index in [0.717, 1.165) is 23.6 Å². The van der Waals surface area contributed by atoms with E-state index in [4.69, 9.17) is 5.73 Å². The molecule has 1 aliphatic heterocycles. The third-order valence-electron chi connectivity index (χ3n) is 6.01. The van der Waals surface area contributed by atoms with E-state index in [1.165, 1.54) is 0 Å². The van der Waals surface area contributed by atoms with Crippen molar-refractivity contribution in [2.45, 2.75) is 43.9 Å². The molecule has 2 saturated carbocycles. The molecule has 10 heteroatoms. The van der Waals surface area contributed by atoms with E-state index < -0.39 is 15.8 Å². The SMILES string of the molecule is Cl.NC1C2CCC(C2)C1C(=O)NCC1CCN(S(=O)(=O)C(F)F)CC1. The van der Waals surface area contributed by atoms with Gasteiger partial charge in [-0.05, 0) is 49.9 Å². The summed E-state index contributed by atoms with van der Waals surface area (Å²) in [5, 5.41) is 2.95. The highest BCUT2D eigenvalue weighted by Crippen LogP contribution is 2.47. The Bertz CT molecular complexity index is 583. The zero-order valence-corrected chi connectivity index (χ0v) is 15.6. The van der Waals surface area contributed by atoms with Crippen LogP contribution in [-0.2, 0) is 14.8 Å². The van der Waals surface area contributed by atoms with Gasteiger partial charge in [0.25, 0.3) is 10.0 Å². The molecular weight excluding hydrogens is 376 g/mol. The highest BCUT2D eigenvalue weighted by molar-refractivity contribution is 7.89. The molecule has 3 N–H and O–H groups in total. The quantitative estimate of drug-likeness (QED) is 0.723. The maximum atomic E-state index is 12.5. The lowest BCUT2D eigenvalue weighted by molar-refractivity contribution is -0.127. The number of sulfonamides is 1. The Labute approximate surface area is 153 Å². The predicted molar refractivity (Wildman–Crippen MR) is 91.8 cm³/mol. The van der Waals surface area contributed by atoms with E-state index in [9.17, 15) is 22.0 Å². The monoisotopic (exact) mass is 401 g/mol. The third kappa shape index (κ3) is 4.09. The second-order valence-corrected chi connectivity index (χ2v) is 9.23. The van der Waals surface area contributed by atoms with Gasteiger partial charge in [-0.3, -0.25) is 4.79 Å². The first kappa shape index (κ1) is 20.8. The normalized spacial score (nSPS) is 33.4. The summed E-state index contributed by atoms with van der Waals surface area (Å²) < 4.78 is 48.8. The van der Waals surface area contributed by atoms with Crippen LogP contribution < -0.4 is 11.1 Å². The third-order valence-corrected chi connectivity index (χ3v) is 7.54. The first-order valence-electron chi connectivity index (χ1n) is 8.61. The highest BCUT2D eigenvalue weighted by Gasteiger charge is 2.49. The molecule has 1 saturated heterocycles. The number of rotatable bonds is 5. The van der Waals surface area contributed by atoms with Crippen molar-refractivity contribution in [3.8, 4) is 0 Å². The summed E-state index contributed by atoms with van der Waals surface area (Å²) in [6.45, 7) is 0.629. The topological polar surface area (TPSA) is 92.5 Å². The molecule has 2 aliphatic carbocycles. The largest absolute Gasteiger partial charge is 0.356 e. The van der Waals surface area contributed by atoms with Gasteiger partial charge in [-0.25, -0.2) is 8.42 Å². The molecule has 4 atom stereocenters. The van der Waals surface area contributed by atoms with Crippen LogP contribution in [0.5, 0.6) is 0 Å². The molecular formula is C15H26ClF2N3O3S. The second kappa shape index (κ2) is 8.02. The summed E-state index contributed by atoms with van der Waals surface area (Å²) >= 11 is 0. The molecule has 1 heterocycles. The molecule has 0 aromatic rings. The predicted octanol–water partition coefficient (Wildman–Crippen LogP) is 1.16. The lowest BCUT2D eigenvalue weighted by atomic mass is 9.84. The Balaban J connectivity index is 0.00000225. The average molecular weight is 402 g/mol. The van der Waals surface area contributed by atoms with E-state index in [1.807, 2.05) is 0 Å². The smallest absolute Gasteiger partial charge is 0.350 e. The summed E-state index contributed by atoms with van der Waals surface area (Å²) in [5.74, 6) is -2.50. The summed E-state index contributed by atoms with van der Waals surface area (Å²) in [6.07, 6.45) is 4.19. The number of carbonyl (C=O) groups is 1. The molecule has 146 valence electrons. The van der Waals surface area contributed by atoms with Gasteiger partial charge in [0.05, 0.1) is 5.92 Å². The van der Waals surface area contributed by atoms with E-state index in [-0.39, 0.29) is 49.3 Å². The maximum Gasteiger partial charge on any atom is 0.350 e. The van der Waals surface area contributed by atoms with Gasteiger partial charge in [-0.2, -0.15) is 13.1 Å². The van der Waals surface area contributed by atoms with Crippen LogP contribution in [0.4, 0.5) is 8.78 Å². The minimum absolute atomic E-state index is 0. The van der Waals surface area contributed by atoms with Gasteiger partial charge in [-0.15, -0.1) is 12.4 Å². The van der Waals surface area contributed by atoms with E-state index in [2.05, 4.69) is 5.32 Å². The van der Waals surface area contributed by atoms with Crippen LogP contribution in [0.2, 0.25) is 0 Å². The number of amides is 1. The number of nitrogens with zero attached hydrogens (tertiary/aromatic N) is 1. The fourth-order valence-corrected chi connectivity index (χ4v) is 5.51. The highest BCUT2D eigenvalue weighted by atomic mass is 35.5. The fraction of sp³-hybridized carbons (Fsp3) is 0.933. The molecule has 0 spiro atoms. The van der Waals surface area contributed by atoms with Crippen molar-refractivity contribution in [1.29, 1.82) is 0 Å². The van der Waals surface area contributed by atoms with Crippen LogP contribution in [-0.4, -0.2) is 50.1 Å². The molecule has 3 rings (SSSR count). The van der Waals surface area contributed by atoms with Crippen LogP contribution in [0.3, 0.4) is 0 Å². The van der Waals surface area contributed by atoms with E-state index in [0.29, 0.717) is 31.2 Å². The zero-order chi connectivity index (χ0) is 17.5. The van der Waals surface area contributed by atoms with Crippen molar-refractivity contribution in [3.05, 3.63) is 0 Å². The van der Waals surface area contributed by atoms with Gasteiger partial charge < -0.3 is 11.1 Å². The Kier molecular flexibility index (Phi) is 6.67. The molecule has 3 aliphatic rings. The number of hydrogen-bond acceptors (Lipinski definition) is 4. The van der Waals surface area contributed by atoms with Gasteiger partial charge in [0.15, 0.2) is 0 Å². The molecule has 0 aromatic carbocycles. The van der Waals surface area contributed by atoms with Gasteiger partial charge in [0.2, 0.25) is 5.91 Å². The zero-order valence-electron chi connectivity index (χ0n) is 13.9. The number of alkyl halides is 2. The molecule has 0 radical (unpaired) electrons. The minimum atomic E-state index is -4.48. The minimum Gasteiger partial charge on any atom is -0.356 e. The molecule has 25 heavy (non-hydrogen) atoms. The van der Waals surface area contributed by atoms with Crippen LogP contribution in [0, 0.1) is 23.7 Å². The lowest BCUT2D eigenvalue weighted by Crippen LogP contribution is -2.47. The summed E-state index contributed by atoms with van der Waals surface area (Å²) in [4.78, 5) is 12.4. The number of carbonyl (C=O) groups excluding carboxylic acids is 1. The Morgan fingerprint density at radius 3 is 2.28 bits per heavy atom. The number of piperidine rings is 1. The summed E-state index contributed by atoms with van der Waals surface area (Å²) in [5.41, 5.74) is 6.16. The Morgan fingerprint density at radius 1 is 1.16 bits per heavy atom. The first-order valence-corrected chi connectivity index (χ1v) is 10.1. The van der Waals surface area contributed by atoms with Crippen molar-refractivity contribution in [3.63, 3.8) is 0 Å². The number of halogens is 3. The van der Waals surface area contributed by atoms with E-state index in [1.54, 1.807) is 0 Å². The first-order chi connectivity index (χ1) is 11.3. The molecule has 6 nitrogen and oxygen atoms in total. The molecule has 1 amide bonds.